The minimum Gasteiger partial charge on any atom is -0.368 e. The predicted molar refractivity (Wildman–Crippen MR) is 66.8 cm³/mol. The molecule has 1 aromatic rings. The molecule has 1 saturated heterocycles. The summed E-state index contributed by atoms with van der Waals surface area (Å²) in [5.41, 5.74) is 12.6. The molecule has 4 N–H and O–H groups in total. The summed E-state index contributed by atoms with van der Waals surface area (Å²) in [5, 5.41) is 0. The molecule has 1 aliphatic heterocycles. The van der Waals surface area contributed by atoms with Gasteiger partial charge < -0.3 is 16.4 Å². The number of aromatic nitrogens is 1. The van der Waals surface area contributed by atoms with Gasteiger partial charge in [0, 0.05) is 25.0 Å². The number of anilines is 1. The summed E-state index contributed by atoms with van der Waals surface area (Å²) in [6, 6.07) is 3.59. The lowest BCUT2D eigenvalue weighted by molar-refractivity contribution is 0.0995. The Kier molecular flexibility index (Phi) is 3.02. The van der Waals surface area contributed by atoms with Crippen molar-refractivity contribution in [2.75, 3.05) is 18.0 Å². The van der Waals surface area contributed by atoms with E-state index in [1.54, 1.807) is 12.3 Å². The van der Waals surface area contributed by atoms with E-state index in [9.17, 15) is 4.79 Å². The lowest BCUT2D eigenvalue weighted by Crippen LogP contribution is -2.67. The van der Waals surface area contributed by atoms with E-state index in [4.69, 9.17) is 11.5 Å². The molecule has 0 saturated carbocycles. The molecule has 0 bridgehead atoms. The van der Waals surface area contributed by atoms with Crippen molar-refractivity contribution < 1.29 is 4.79 Å². The molecule has 2 heterocycles. The molecule has 0 unspecified atom stereocenters. The van der Waals surface area contributed by atoms with Gasteiger partial charge in [-0.2, -0.15) is 0 Å². The average molecular weight is 234 g/mol. The number of nitrogens with zero attached hydrogens (tertiary/aromatic N) is 2. The molecule has 0 radical (unpaired) electrons. The third kappa shape index (κ3) is 2.39. The van der Waals surface area contributed by atoms with E-state index in [1.807, 2.05) is 6.07 Å². The van der Waals surface area contributed by atoms with Crippen LogP contribution in [-0.4, -0.2) is 29.5 Å². The van der Waals surface area contributed by atoms with Crippen LogP contribution in [0.2, 0.25) is 0 Å². The van der Waals surface area contributed by atoms with Crippen molar-refractivity contribution >= 4 is 11.6 Å². The maximum atomic E-state index is 11.0. The summed E-state index contributed by atoms with van der Waals surface area (Å²) in [5.74, 6) is -0.500. The van der Waals surface area contributed by atoms with Gasteiger partial charge in [-0.15, -0.1) is 0 Å². The predicted octanol–water partition coefficient (Wildman–Crippen LogP) is 0.498. The second-order valence-electron chi connectivity index (χ2n) is 4.73. The molecular formula is C12H18N4O. The molecule has 17 heavy (non-hydrogen) atoms. The lowest BCUT2D eigenvalue weighted by Gasteiger charge is -2.49. The topological polar surface area (TPSA) is 85.2 Å². The highest BCUT2D eigenvalue weighted by atomic mass is 16.1. The highest BCUT2D eigenvalue weighted by Gasteiger charge is 2.38. The van der Waals surface area contributed by atoms with Crippen molar-refractivity contribution in [2.24, 2.45) is 11.5 Å². The van der Waals surface area contributed by atoms with Crippen LogP contribution >= 0.6 is 0 Å². The van der Waals surface area contributed by atoms with Crippen LogP contribution in [0.4, 0.5) is 5.69 Å². The van der Waals surface area contributed by atoms with Crippen LogP contribution in [0.15, 0.2) is 18.3 Å². The first-order valence-corrected chi connectivity index (χ1v) is 5.84. The Morgan fingerprint density at radius 1 is 1.59 bits per heavy atom. The Bertz CT molecular complexity index is 426. The fraction of sp³-hybridized carbons (Fsp3) is 0.500. The number of nitrogens with two attached hydrogens (primary N) is 2. The molecule has 0 spiro atoms. The zero-order valence-electron chi connectivity index (χ0n) is 10.0. The van der Waals surface area contributed by atoms with E-state index in [2.05, 4.69) is 16.8 Å². The molecule has 0 atom stereocenters. The molecule has 1 aromatic heterocycles. The Balaban J connectivity index is 2.06. The lowest BCUT2D eigenvalue weighted by atomic mass is 9.86. The summed E-state index contributed by atoms with van der Waals surface area (Å²) in [6.45, 7) is 3.78. The zero-order chi connectivity index (χ0) is 12.5. The molecule has 1 aliphatic rings. The molecule has 1 fully saturated rings. The van der Waals surface area contributed by atoms with Crippen LogP contribution in [-0.2, 0) is 0 Å². The number of rotatable bonds is 4. The third-order valence-electron chi connectivity index (χ3n) is 3.12. The van der Waals surface area contributed by atoms with E-state index in [-0.39, 0.29) is 5.54 Å². The molecule has 5 heteroatoms. The Morgan fingerprint density at radius 2 is 2.29 bits per heavy atom. The summed E-state index contributed by atoms with van der Waals surface area (Å²) in [4.78, 5) is 17.1. The summed E-state index contributed by atoms with van der Waals surface area (Å²) >= 11 is 0. The molecule has 0 aliphatic carbocycles. The van der Waals surface area contributed by atoms with Crippen molar-refractivity contribution in [2.45, 2.75) is 25.3 Å². The van der Waals surface area contributed by atoms with Crippen LogP contribution in [0.25, 0.3) is 0 Å². The molecule has 92 valence electrons. The van der Waals surface area contributed by atoms with Gasteiger partial charge in [0.05, 0.1) is 5.54 Å². The minimum absolute atomic E-state index is 0.0785. The first-order valence-electron chi connectivity index (χ1n) is 5.84. The standard InChI is InChI=1S/C12H18N4O/c1-2-4-12(14)7-16(8-12)9-3-5-15-10(6-9)11(13)17/h3,5-6H,2,4,7-8,14H2,1H3,(H2,13,17). The normalized spacial score (nSPS) is 17.6. The highest BCUT2D eigenvalue weighted by Crippen LogP contribution is 2.28. The van der Waals surface area contributed by atoms with Gasteiger partial charge in [-0.05, 0) is 18.6 Å². The zero-order valence-corrected chi connectivity index (χ0v) is 10.0. The van der Waals surface area contributed by atoms with E-state index < -0.39 is 5.91 Å². The molecule has 1 amide bonds. The number of pyridine rings is 1. The fourth-order valence-electron chi connectivity index (χ4n) is 2.30. The fourth-order valence-corrected chi connectivity index (χ4v) is 2.30. The monoisotopic (exact) mass is 234 g/mol. The van der Waals surface area contributed by atoms with Crippen molar-refractivity contribution in [3.8, 4) is 0 Å². The number of hydrogen-bond donors (Lipinski definition) is 2. The van der Waals surface area contributed by atoms with Crippen molar-refractivity contribution in [3.05, 3.63) is 24.0 Å². The third-order valence-corrected chi connectivity index (χ3v) is 3.12. The van der Waals surface area contributed by atoms with Gasteiger partial charge >= 0.3 is 0 Å². The van der Waals surface area contributed by atoms with E-state index in [0.717, 1.165) is 31.6 Å². The number of carbonyl (C=O) groups excluding carboxylic acids is 1. The first-order chi connectivity index (χ1) is 8.04. The summed E-state index contributed by atoms with van der Waals surface area (Å²) < 4.78 is 0. The Hall–Kier alpha value is -1.62. The van der Waals surface area contributed by atoms with Gasteiger partial charge in [0.15, 0.2) is 0 Å². The van der Waals surface area contributed by atoms with Crippen LogP contribution < -0.4 is 16.4 Å². The average Bonchev–Trinajstić information content (AvgIpc) is 2.26. The molecule has 5 nitrogen and oxygen atoms in total. The van der Waals surface area contributed by atoms with Crippen LogP contribution in [0.5, 0.6) is 0 Å². The second kappa shape index (κ2) is 4.33. The quantitative estimate of drug-likeness (QED) is 0.794. The van der Waals surface area contributed by atoms with Crippen LogP contribution in [0.3, 0.4) is 0 Å². The molecule has 2 rings (SSSR count). The van der Waals surface area contributed by atoms with Crippen molar-refractivity contribution in [1.82, 2.24) is 4.98 Å². The maximum Gasteiger partial charge on any atom is 0.267 e. The SMILES string of the molecule is CCCC1(N)CN(c2ccnc(C(N)=O)c2)C1. The van der Waals surface area contributed by atoms with Crippen LogP contribution in [0.1, 0.15) is 30.3 Å². The number of amides is 1. The van der Waals surface area contributed by atoms with Gasteiger partial charge in [0.2, 0.25) is 0 Å². The number of primary amides is 1. The minimum atomic E-state index is -0.500. The van der Waals surface area contributed by atoms with Gasteiger partial charge in [0.1, 0.15) is 5.69 Å². The van der Waals surface area contributed by atoms with E-state index >= 15 is 0 Å². The van der Waals surface area contributed by atoms with Crippen LogP contribution in [0, 0.1) is 0 Å². The summed E-state index contributed by atoms with van der Waals surface area (Å²) in [7, 11) is 0. The van der Waals surface area contributed by atoms with E-state index in [0.29, 0.717) is 5.69 Å². The second-order valence-corrected chi connectivity index (χ2v) is 4.73. The van der Waals surface area contributed by atoms with Gasteiger partial charge in [-0.25, -0.2) is 0 Å². The van der Waals surface area contributed by atoms with Gasteiger partial charge in [-0.3, -0.25) is 9.78 Å². The number of carbonyl (C=O) groups is 1. The molecular weight excluding hydrogens is 216 g/mol. The Labute approximate surface area is 101 Å². The largest absolute Gasteiger partial charge is 0.368 e. The van der Waals surface area contributed by atoms with Gasteiger partial charge in [-0.1, -0.05) is 13.3 Å². The van der Waals surface area contributed by atoms with Crippen molar-refractivity contribution in [3.63, 3.8) is 0 Å². The number of hydrogen-bond acceptors (Lipinski definition) is 4. The van der Waals surface area contributed by atoms with Crippen molar-refractivity contribution in [1.29, 1.82) is 0 Å². The first kappa shape index (κ1) is 11.9. The summed E-state index contributed by atoms with van der Waals surface area (Å²) in [6.07, 6.45) is 3.72. The Morgan fingerprint density at radius 3 is 2.88 bits per heavy atom. The molecule has 0 aromatic carbocycles. The van der Waals surface area contributed by atoms with E-state index in [1.165, 1.54) is 0 Å². The van der Waals surface area contributed by atoms with Gasteiger partial charge in [0.25, 0.3) is 5.91 Å². The smallest absolute Gasteiger partial charge is 0.267 e. The highest BCUT2D eigenvalue weighted by molar-refractivity contribution is 5.91. The maximum absolute atomic E-state index is 11.0.